The van der Waals surface area contributed by atoms with E-state index in [-0.39, 0.29) is 12.7 Å². The number of aromatic nitrogens is 3. The van der Waals surface area contributed by atoms with E-state index in [1.165, 1.54) is 0 Å². The Balaban J connectivity index is 2.04. The molecule has 0 saturated carbocycles. The maximum Gasteiger partial charge on any atom is 0.231 e. The minimum absolute atomic E-state index is 0.0748. The lowest BCUT2D eigenvalue weighted by molar-refractivity contribution is 0.0157. The van der Waals surface area contributed by atoms with Gasteiger partial charge in [-0.1, -0.05) is 0 Å². The Morgan fingerprint density at radius 3 is 2.57 bits per heavy atom. The van der Waals surface area contributed by atoms with Gasteiger partial charge in [-0.3, -0.25) is 0 Å². The average Bonchev–Trinajstić information content (AvgIpc) is 2.52. The predicted molar refractivity (Wildman–Crippen MR) is 82.0 cm³/mol. The van der Waals surface area contributed by atoms with Gasteiger partial charge in [0.1, 0.15) is 0 Å². The first-order valence-electron chi connectivity index (χ1n) is 7.22. The molecule has 8 nitrogen and oxygen atoms in total. The molecule has 0 radical (unpaired) electrons. The second-order valence-electron chi connectivity index (χ2n) is 5.18. The Bertz CT molecular complexity index is 448. The number of anilines is 3. The zero-order chi connectivity index (χ0) is 15.2. The van der Waals surface area contributed by atoms with Crippen LogP contribution in [0.3, 0.4) is 0 Å². The molecule has 1 aliphatic heterocycles. The highest BCUT2D eigenvalue weighted by Gasteiger charge is 2.22. The van der Waals surface area contributed by atoms with Crippen LogP contribution in [0.1, 0.15) is 12.8 Å². The Morgan fingerprint density at radius 1 is 1.29 bits per heavy atom. The van der Waals surface area contributed by atoms with Gasteiger partial charge < -0.3 is 25.0 Å². The SMILES string of the molecule is CNc1nc(N(C)C)nc(N2CCC(OCCO)CC2)n1. The van der Waals surface area contributed by atoms with Crippen molar-refractivity contribution in [1.29, 1.82) is 0 Å². The number of rotatable bonds is 6. The average molecular weight is 296 g/mol. The lowest BCUT2D eigenvalue weighted by atomic mass is 10.1. The zero-order valence-corrected chi connectivity index (χ0v) is 12.9. The molecule has 8 heteroatoms. The third kappa shape index (κ3) is 4.15. The summed E-state index contributed by atoms with van der Waals surface area (Å²) in [6.07, 6.45) is 2.04. The maximum atomic E-state index is 8.79. The van der Waals surface area contributed by atoms with Gasteiger partial charge in [0.05, 0.1) is 19.3 Å². The summed E-state index contributed by atoms with van der Waals surface area (Å²) < 4.78 is 5.57. The molecule has 1 fully saturated rings. The molecule has 0 aromatic carbocycles. The molecule has 2 heterocycles. The van der Waals surface area contributed by atoms with Crippen LogP contribution < -0.4 is 15.1 Å². The van der Waals surface area contributed by atoms with Gasteiger partial charge in [0, 0.05) is 34.2 Å². The molecule has 1 saturated heterocycles. The minimum Gasteiger partial charge on any atom is -0.394 e. The van der Waals surface area contributed by atoms with Gasteiger partial charge in [0.25, 0.3) is 0 Å². The fraction of sp³-hybridized carbons (Fsp3) is 0.769. The number of nitrogens with zero attached hydrogens (tertiary/aromatic N) is 5. The van der Waals surface area contributed by atoms with Crippen molar-refractivity contribution in [1.82, 2.24) is 15.0 Å². The Kier molecular flexibility index (Phi) is 5.51. The number of nitrogens with one attached hydrogen (secondary N) is 1. The third-order valence-corrected chi connectivity index (χ3v) is 3.41. The molecule has 1 aliphatic rings. The summed E-state index contributed by atoms with van der Waals surface area (Å²) in [5.41, 5.74) is 0. The molecule has 2 N–H and O–H groups in total. The van der Waals surface area contributed by atoms with E-state index in [9.17, 15) is 0 Å². The van der Waals surface area contributed by atoms with Crippen molar-refractivity contribution in [2.45, 2.75) is 18.9 Å². The van der Waals surface area contributed by atoms with Crippen LogP contribution in [0.4, 0.5) is 17.8 Å². The van der Waals surface area contributed by atoms with Gasteiger partial charge in [-0.25, -0.2) is 0 Å². The minimum atomic E-state index is 0.0748. The van der Waals surface area contributed by atoms with Gasteiger partial charge >= 0.3 is 0 Å². The molecule has 118 valence electrons. The number of hydrogen-bond acceptors (Lipinski definition) is 8. The molecule has 2 rings (SSSR count). The van der Waals surface area contributed by atoms with Gasteiger partial charge in [0.2, 0.25) is 17.8 Å². The first-order valence-corrected chi connectivity index (χ1v) is 7.22. The summed E-state index contributed by atoms with van der Waals surface area (Å²) in [4.78, 5) is 17.3. The summed E-state index contributed by atoms with van der Waals surface area (Å²) in [6.45, 7) is 2.17. The van der Waals surface area contributed by atoms with Crippen molar-refractivity contribution in [2.24, 2.45) is 0 Å². The van der Waals surface area contributed by atoms with Gasteiger partial charge in [-0.2, -0.15) is 15.0 Å². The van der Waals surface area contributed by atoms with E-state index in [0.29, 0.717) is 24.5 Å². The highest BCUT2D eigenvalue weighted by atomic mass is 16.5. The van der Waals surface area contributed by atoms with Crippen molar-refractivity contribution in [2.75, 3.05) is 62.6 Å². The van der Waals surface area contributed by atoms with Crippen LogP contribution in [-0.2, 0) is 4.74 Å². The molecule has 0 bridgehead atoms. The molecule has 1 aromatic heterocycles. The van der Waals surface area contributed by atoms with Crippen LogP contribution >= 0.6 is 0 Å². The lowest BCUT2D eigenvalue weighted by Crippen LogP contribution is -2.38. The fourth-order valence-corrected chi connectivity index (χ4v) is 2.25. The molecular weight excluding hydrogens is 272 g/mol. The molecule has 0 spiro atoms. The van der Waals surface area contributed by atoms with Crippen molar-refractivity contribution in [3.05, 3.63) is 0 Å². The van der Waals surface area contributed by atoms with Crippen LogP contribution in [0.2, 0.25) is 0 Å². The van der Waals surface area contributed by atoms with E-state index in [0.717, 1.165) is 25.9 Å². The number of piperidine rings is 1. The van der Waals surface area contributed by atoms with Gasteiger partial charge in [0.15, 0.2) is 0 Å². The van der Waals surface area contributed by atoms with E-state index < -0.39 is 0 Å². The van der Waals surface area contributed by atoms with Crippen molar-refractivity contribution < 1.29 is 9.84 Å². The summed E-state index contributed by atoms with van der Waals surface area (Å²) >= 11 is 0. The quantitative estimate of drug-likeness (QED) is 0.756. The fourth-order valence-electron chi connectivity index (χ4n) is 2.25. The second-order valence-corrected chi connectivity index (χ2v) is 5.18. The van der Waals surface area contributed by atoms with E-state index in [1.54, 1.807) is 7.05 Å². The number of hydrogen-bond donors (Lipinski definition) is 2. The van der Waals surface area contributed by atoms with Crippen LogP contribution in [0.15, 0.2) is 0 Å². The van der Waals surface area contributed by atoms with E-state index >= 15 is 0 Å². The van der Waals surface area contributed by atoms with Gasteiger partial charge in [-0.15, -0.1) is 0 Å². The van der Waals surface area contributed by atoms with Crippen molar-refractivity contribution >= 4 is 17.8 Å². The highest BCUT2D eigenvalue weighted by Crippen LogP contribution is 2.20. The lowest BCUT2D eigenvalue weighted by Gasteiger charge is -2.32. The highest BCUT2D eigenvalue weighted by molar-refractivity contribution is 5.44. The monoisotopic (exact) mass is 296 g/mol. The normalized spacial score (nSPS) is 16.1. The van der Waals surface area contributed by atoms with Crippen LogP contribution in [0, 0.1) is 0 Å². The van der Waals surface area contributed by atoms with Crippen LogP contribution in [0.5, 0.6) is 0 Å². The molecule has 0 aliphatic carbocycles. The smallest absolute Gasteiger partial charge is 0.231 e. The Labute approximate surface area is 125 Å². The number of aliphatic hydroxyl groups excluding tert-OH is 1. The standard InChI is InChI=1S/C13H24N6O2/c1-14-11-15-12(18(2)3)17-13(16-11)19-6-4-10(5-7-19)21-9-8-20/h10,20H,4-9H2,1-3H3,(H,14,15,16,17). The Hall–Kier alpha value is -1.67. The second kappa shape index (κ2) is 7.37. The number of aliphatic hydroxyl groups is 1. The van der Waals surface area contributed by atoms with Crippen molar-refractivity contribution in [3.8, 4) is 0 Å². The first kappa shape index (κ1) is 15.7. The van der Waals surface area contributed by atoms with Crippen LogP contribution in [-0.4, -0.2) is 73.6 Å². The summed E-state index contributed by atoms with van der Waals surface area (Å²) in [5.74, 6) is 1.91. The molecule has 21 heavy (non-hydrogen) atoms. The molecular formula is C13H24N6O2. The Morgan fingerprint density at radius 2 is 2.00 bits per heavy atom. The molecule has 0 unspecified atom stereocenters. The van der Waals surface area contributed by atoms with Crippen molar-refractivity contribution in [3.63, 3.8) is 0 Å². The molecule has 1 aromatic rings. The first-order chi connectivity index (χ1) is 10.1. The van der Waals surface area contributed by atoms with E-state index in [1.807, 2.05) is 19.0 Å². The third-order valence-electron chi connectivity index (χ3n) is 3.41. The van der Waals surface area contributed by atoms with Gasteiger partial charge in [-0.05, 0) is 12.8 Å². The van der Waals surface area contributed by atoms with Crippen LogP contribution in [0.25, 0.3) is 0 Å². The molecule has 0 atom stereocenters. The maximum absolute atomic E-state index is 8.79. The summed E-state index contributed by atoms with van der Waals surface area (Å²) in [7, 11) is 5.62. The molecule has 0 amide bonds. The topological polar surface area (TPSA) is 86.6 Å². The zero-order valence-electron chi connectivity index (χ0n) is 12.9. The number of ether oxygens (including phenoxy) is 1. The van der Waals surface area contributed by atoms with E-state index in [2.05, 4.69) is 25.2 Å². The summed E-state index contributed by atoms with van der Waals surface area (Å²) in [6, 6.07) is 0. The summed E-state index contributed by atoms with van der Waals surface area (Å²) in [5, 5.41) is 11.8. The van der Waals surface area contributed by atoms with E-state index in [4.69, 9.17) is 9.84 Å². The predicted octanol–water partition coefficient (Wildman–Crippen LogP) is -0.0430. The largest absolute Gasteiger partial charge is 0.394 e.